The molecule has 2 rings (SSSR count). The Bertz CT molecular complexity index is 546. The van der Waals surface area contributed by atoms with E-state index in [9.17, 15) is 4.79 Å². The Morgan fingerprint density at radius 1 is 1.38 bits per heavy atom. The highest BCUT2D eigenvalue weighted by Crippen LogP contribution is 2.30. The normalized spacial score (nSPS) is 10.4. The molecular formula is C12H11ClN2O. The van der Waals surface area contributed by atoms with Gasteiger partial charge in [-0.3, -0.25) is 9.48 Å². The molecule has 1 aromatic heterocycles. The van der Waals surface area contributed by atoms with E-state index < -0.39 is 0 Å². The van der Waals surface area contributed by atoms with Crippen LogP contribution < -0.4 is 0 Å². The first-order chi connectivity index (χ1) is 7.63. The van der Waals surface area contributed by atoms with Crippen molar-refractivity contribution in [3.05, 3.63) is 40.7 Å². The topological polar surface area (TPSA) is 34.9 Å². The summed E-state index contributed by atoms with van der Waals surface area (Å²) in [6.07, 6.45) is 2.56. The van der Waals surface area contributed by atoms with E-state index in [1.54, 1.807) is 23.0 Å². The monoisotopic (exact) mass is 234 g/mol. The van der Waals surface area contributed by atoms with Crippen LogP contribution in [0.4, 0.5) is 0 Å². The molecule has 1 aromatic carbocycles. The van der Waals surface area contributed by atoms with Crippen LogP contribution in [0.1, 0.15) is 16.1 Å². The summed E-state index contributed by atoms with van der Waals surface area (Å²) in [5, 5.41) is 4.73. The van der Waals surface area contributed by atoms with Crippen molar-refractivity contribution in [3.8, 4) is 11.1 Å². The summed E-state index contributed by atoms with van der Waals surface area (Å²) in [4.78, 5) is 10.6. The zero-order chi connectivity index (χ0) is 11.7. The lowest BCUT2D eigenvalue weighted by atomic mass is 10.1. The van der Waals surface area contributed by atoms with Crippen LogP contribution in [0.15, 0.2) is 24.4 Å². The minimum atomic E-state index is 0.570. The third-order valence-corrected chi connectivity index (χ3v) is 2.97. The number of aromatic nitrogens is 2. The maximum Gasteiger partial charge on any atom is 0.150 e. The predicted octanol–water partition coefficient (Wildman–Crippen LogP) is 2.86. The number of aldehydes is 1. The number of rotatable bonds is 2. The largest absolute Gasteiger partial charge is 0.298 e. The smallest absolute Gasteiger partial charge is 0.150 e. The average molecular weight is 235 g/mol. The van der Waals surface area contributed by atoms with E-state index in [0.29, 0.717) is 10.6 Å². The van der Waals surface area contributed by atoms with Crippen molar-refractivity contribution in [2.24, 2.45) is 7.05 Å². The second-order valence-electron chi connectivity index (χ2n) is 3.62. The average Bonchev–Trinajstić information content (AvgIpc) is 2.60. The summed E-state index contributed by atoms with van der Waals surface area (Å²) < 4.78 is 1.79. The Morgan fingerprint density at radius 3 is 2.62 bits per heavy atom. The molecule has 0 fully saturated rings. The predicted molar refractivity (Wildman–Crippen MR) is 63.8 cm³/mol. The van der Waals surface area contributed by atoms with Crippen molar-refractivity contribution in [1.29, 1.82) is 0 Å². The summed E-state index contributed by atoms with van der Waals surface area (Å²) in [7, 11) is 1.88. The van der Waals surface area contributed by atoms with Crippen LogP contribution in [0.5, 0.6) is 0 Å². The molecule has 1 heterocycles. The maximum absolute atomic E-state index is 10.6. The van der Waals surface area contributed by atoms with E-state index in [1.807, 2.05) is 20.0 Å². The van der Waals surface area contributed by atoms with Gasteiger partial charge >= 0.3 is 0 Å². The van der Waals surface area contributed by atoms with Crippen molar-refractivity contribution in [3.63, 3.8) is 0 Å². The van der Waals surface area contributed by atoms with Gasteiger partial charge in [-0.2, -0.15) is 5.10 Å². The van der Waals surface area contributed by atoms with Crippen LogP contribution in [0.3, 0.4) is 0 Å². The molecule has 82 valence electrons. The Kier molecular flexibility index (Phi) is 2.79. The molecule has 0 amide bonds. The van der Waals surface area contributed by atoms with Gasteiger partial charge in [0, 0.05) is 34.5 Å². The molecule has 16 heavy (non-hydrogen) atoms. The van der Waals surface area contributed by atoms with Gasteiger partial charge in [0.25, 0.3) is 0 Å². The molecule has 0 radical (unpaired) electrons. The quantitative estimate of drug-likeness (QED) is 0.749. The maximum atomic E-state index is 10.6. The fraction of sp³-hybridized carbons (Fsp3) is 0.167. The van der Waals surface area contributed by atoms with E-state index in [1.165, 1.54) is 0 Å². The summed E-state index contributed by atoms with van der Waals surface area (Å²) in [6.45, 7) is 1.98. The highest BCUT2D eigenvalue weighted by Gasteiger charge is 2.10. The summed E-state index contributed by atoms with van der Waals surface area (Å²) >= 11 is 6.13. The Labute approximate surface area is 98.7 Å². The van der Waals surface area contributed by atoms with Gasteiger partial charge in [-0.1, -0.05) is 23.7 Å². The standard InChI is InChI=1S/C12H11ClN2O/c1-8-11(6-14-15(8)2)10-4-3-9(7-16)5-12(10)13/h3-7H,1-2H3. The lowest BCUT2D eigenvalue weighted by Gasteiger charge is -2.04. The molecule has 0 atom stereocenters. The minimum absolute atomic E-state index is 0.570. The molecule has 0 spiro atoms. The van der Waals surface area contributed by atoms with Crippen molar-refractivity contribution in [1.82, 2.24) is 9.78 Å². The number of nitrogens with zero attached hydrogens (tertiary/aromatic N) is 2. The molecule has 0 saturated heterocycles. The molecule has 2 aromatic rings. The first kappa shape index (κ1) is 10.9. The van der Waals surface area contributed by atoms with Gasteiger partial charge in [0.1, 0.15) is 6.29 Å². The van der Waals surface area contributed by atoms with Crippen LogP contribution in [0.2, 0.25) is 5.02 Å². The highest BCUT2D eigenvalue weighted by atomic mass is 35.5. The van der Waals surface area contributed by atoms with Crippen molar-refractivity contribution < 1.29 is 4.79 Å². The number of hydrogen-bond acceptors (Lipinski definition) is 2. The fourth-order valence-electron chi connectivity index (χ4n) is 1.59. The fourth-order valence-corrected chi connectivity index (χ4v) is 1.88. The minimum Gasteiger partial charge on any atom is -0.298 e. The summed E-state index contributed by atoms with van der Waals surface area (Å²) in [5.74, 6) is 0. The first-order valence-corrected chi connectivity index (χ1v) is 5.25. The number of halogens is 1. The first-order valence-electron chi connectivity index (χ1n) is 4.87. The summed E-state index contributed by atoms with van der Waals surface area (Å²) in [6, 6.07) is 5.26. The molecular weight excluding hydrogens is 224 g/mol. The van der Waals surface area contributed by atoms with Crippen LogP contribution in [-0.2, 0) is 7.05 Å². The molecule has 0 aliphatic heterocycles. The molecule has 0 saturated carbocycles. The van der Waals surface area contributed by atoms with E-state index in [0.717, 1.165) is 23.1 Å². The van der Waals surface area contributed by atoms with Gasteiger partial charge in [0.15, 0.2) is 0 Å². The lowest BCUT2D eigenvalue weighted by molar-refractivity contribution is 0.112. The van der Waals surface area contributed by atoms with Gasteiger partial charge < -0.3 is 0 Å². The number of carbonyl (C=O) groups excluding carboxylic acids is 1. The van der Waals surface area contributed by atoms with Crippen molar-refractivity contribution >= 4 is 17.9 Å². The summed E-state index contributed by atoms with van der Waals surface area (Å²) in [5.41, 5.74) is 3.51. The molecule has 0 aliphatic rings. The molecule has 3 nitrogen and oxygen atoms in total. The van der Waals surface area contributed by atoms with Gasteiger partial charge in [-0.15, -0.1) is 0 Å². The molecule has 0 bridgehead atoms. The van der Waals surface area contributed by atoms with Crippen LogP contribution >= 0.6 is 11.6 Å². The van der Waals surface area contributed by atoms with Gasteiger partial charge in [-0.05, 0) is 13.0 Å². The van der Waals surface area contributed by atoms with Crippen LogP contribution in [0, 0.1) is 6.92 Å². The van der Waals surface area contributed by atoms with E-state index in [2.05, 4.69) is 5.10 Å². The van der Waals surface area contributed by atoms with Crippen molar-refractivity contribution in [2.75, 3.05) is 0 Å². The second kappa shape index (κ2) is 4.10. The SMILES string of the molecule is Cc1c(-c2ccc(C=O)cc2Cl)cnn1C. The van der Waals surface area contributed by atoms with Crippen molar-refractivity contribution in [2.45, 2.75) is 6.92 Å². The zero-order valence-corrected chi connectivity index (χ0v) is 9.82. The molecule has 4 heteroatoms. The van der Waals surface area contributed by atoms with E-state index in [-0.39, 0.29) is 0 Å². The van der Waals surface area contributed by atoms with Gasteiger partial charge in [0.05, 0.1) is 6.20 Å². The van der Waals surface area contributed by atoms with Gasteiger partial charge in [-0.25, -0.2) is 0 Å². The number of hydrogen-bond donors (Lipinski definition) is 0. The number of benzene rings is 1. The molecule has 0 aliphatic carbocycles. The Morgan fingerprint density at radius 2 is 2.12 bits per heavy atom. The number of aryl methyl sites for hydroxylation is 1. The lowest BCUT2D eigenvalue weighted by Crippen LogP contribution is -1.92. The van der Waals surface area contributed by atoms with Gasteiger partial charge in [0.2, 0.25) is 0 Å². The number of carbonyl (C=O) groups is 1. The van der Waals surface area contributed by atoms with Crippen LogP contribution in [-0.4, -0.2) is 16.1 Å². The Balaban J connectivity index is 2.56. The molecule has 0 unspecified atom stereocenters. The highest BCUT2D eigenvalue weighted by molar-refractivity contribution is 6.33. The van der Waals surface area contributed by atoms with E-state index >= 15 is 0 Å². The third-order valence-electron chi connectivity index (χ3n) is 2.65. The second-order valence-corrected chi connectivity index (χ2v) is 4.03. The van der Waals surface area contributed by atoms with E-state index in [4.69, 9.17) is 11.6 Å². The zero-order valence-electron chi connectivity index (χ0n) is 9.07. The molecule has 0 N–H and O–H groups in total. The van der Waals surface area contributed by atoms with Crippen LogP contribution in [0.25, 0.3) is 11.1 Å². The third kappa shape index (κ3) is 1.74. The Hall–Kier alpha value is -1.61.